The molecule has 0 spiro atoms. The molecule has 0 amide bonds. The number of hydrogen-bond acceptors (Lipinski definition) is 4. The average Bonchev–Trinajstić information content (AvgIpc) is 3.12. The number of hydrogen-bond donors (Lipinski definition) is 0. The van der Waals surface area contributed by atoms with Crippen LogP contribution < -0.4 is 4.74 Å². The molecule has 5 nitrogen and oxygen atoms in total. The summed E-state index contributed by atoms with van der Waals surface area (Å²) in [6, 6.07) is 11.6. The fraction of sp³-hybridized carbons (Fsp3) is 0.364. The molecular formula is C22H23ClFN3O2. The largest absolute Gasteiger partial charge is 0.476 e. The number of ether oxygens (including phenoxy) is 1. The Morgan fingerprint density at radius 1 is 1.10 bits per heavy atom. The number of nitrogens with zero attached hydrogens (tertiary/aromatic N) is 3. The highest BCUT2D eigenvalue weighted by Gasteiger charge is 2.21. The van der Waals surface area contributed by atoms with Gasteiger partial charge in [0, 0.05) is 6.54 Å². The molecule has 29 heavy (non-hydrogen) atoms. The SMILES string of the molecule is O=C(c1cccc(Cl)c1F)n1nc(OCCCN2CCCCC2)c2ccccc21. The van der Waals surface area contributed by atoms with Crippen LogP contribution in [0.4, 0.5) is 4.39 Å². The lowest BCUT2D eigenvalue weighted by atomic mass is 10.1. The molecule has 0 atom stereocenters. The van der Waals surface area contributed by atoms with Crippen LogP contribution in [0.5, 0.6) is 5.88 Å². The molecular weight excluding hydrogens is 393 g/mol. The molecule has 0 saturated carbocycles. The van der Waals surface area contributed by atoms with Crippen LogP contribution in [0, 0.1) is 5.82 Å². The molecule has 1 aliphatic heterocycles. The normalized spacial score (nSPS) is 15.0. The van der Waals surface area contributed by atoms with Crippen molar-refractivity contribution in [1.82, 2.24) is 14.7 Å². The fourth-order valence-corrected chi connectivity index (χ4v) is 3.90. The van der Waals surface area contributed by atoms with Gasteiger partial charge in [-0.2, -0.15) is 4.68 Å². The van der Waals surface area contributed by atoms with Gasteiger partial charge in [0.2, 0.25) is 5.88 Å². The van der Waals surface area contributed by atoms with Crippen LogP contribution in [0.2, 0.25) is 5.02 Å². The van der Waals surface area contributed by atoms with E-state index in [4.69, 9.17) is 16.3 Å². The van der Waals surface area contributed by atoms with Gasteiger partial charge >= 0.3 is 0 Å². The molecule has 0 radical (unpaired) electrons. The number of aromatic nitrogens is 2. The Kier molecular flexibility index (Phi) is 6.11. The first-order valence-electron chi connectivity index (χ1n) is 9.97. The molecule has 1 aliphatic rings. The number of rotatable bonds is 6. The van der Waals surface area contributed by atoms with Crippen molar-refractivity contribution in [2.45, 2.75) is 25.7 Å². The van der Waals surface area contributed by atoms with Crippen LogP contribution in [0.3, 0.4) is 0 Å². The molecule has 152 valence electrons. The Balaban J connectivity index is 1.52. The Morgan fingerprint density at radius 2 is 1.90 bits per heavy atom. The molecule has 7 heteroatoms. The smallest absolute Gasteiger partial charge is 0.281 e. The first kappa shape index (κ1) is 19.9. The third kappa shape index (κ3) is 4.28. The molecule has 0 aliphatic carbocycles. The third-order valence-corrected chi connectivity index (χ3v) is 5.53. The van der Waals surface area contributed by atoms with Gasteiger partial charge in [-0.25, -0.2) is 4.39 Å². The number of fused-ring (bicyclic) bond motifs is 1. The summed E-state index contributed by atoms with van der Waals surface area (Å²) in [5, 5.41) is 4.97. The zero-order chi connectivity index (χ0) is 20.2. The number of piperidine rings is 1. The minimum absolute atomic E-state index is 0.0958. The summed E-state index contributed by atoms with van der Waals surface area (Å²) in [4.78, 5) is 15.4. The predicted molar refractivity (Wildman–Crippen MR) is 111 cm³/mol. The number of halogens is 2. The van der Waals surface area contributed by atoms with E-state index in [0.717, 1.165) is 31.4 Å². The maximum atomic E-state index is 14.3. The van der Waals surface area contributed by atoms with E-state index >= 15 is 0 Å². The van der Waals surface area contributed by atoms with Crippen molar-refractivity contribution in [3.05, 3.63) is 58.9 Å². The van der Waals surface area contributed by atoms with Crippen molar-refractivity contribution in [2.75, 3.05) is 26.2 Å². The van der Waals surface area contributed by atoms with Crippen LogP contribution in [-0.4, -0.2) is 46.8 Å². The van der Waals surface area contributed by atoms with Crippen molar-refractivity contribution in [3.63, 3.8) is 0 Å². The standard InChI is InChI=1S/C22H23ClFN3O2/c23-18-10-6-9-17(20(18)24)22(28)27-19-11-3-2-8-16(19)21(25-27)29-15-7-14-26-12-4-1-5-13-26/h2-3,6,8-11H,1,4-5,7,12-15H2. The van der Waals surface area contributed by atoms with Gasteiger partial charge in [0.25, 0.3) is 5.91 Å². The molecule has 4 rings (SSSR count). The first-order valence-corrected chi connectivity index (χ1v) is 10.3. The molecule has 0 unspecified atom stereocenters. The Hall–Kier alpha value is -2.44. The second-order valence-electron chi connectivity index (χ2n) is 7.24. The third-order valence-electron chi connectivity index (χ3n) is 5.23. The second-order valence-corrected chi connectivity index (χ2v) is 7.65. The second kappa shape index (κ2) is 8.93. The van der Waals surface area contributed by atoms with Gasteiger partial charge in [0.05, 0.1) is 28.1 Å². The van der Waals surface area contributed by atoms with E-state index in [-0.39, 0.29) is 10.6 Å². The lowest BCUT2D eigenvalue weighted by molar-refractivity contribution is 0.0943. The van der Waals surface area contributed by atoms with Gasteiger partial charge in [0.15, 0.2) is 5.82 Å². The van der Waals surface area contributed by atoms with Crippen LogP contribution >= 0.6 is 11.6 Å². The lowest BCUT2D eigenvalue weighted by Gasteiger charge is -2.26. The topological polar surface area (TPSA) is 47.4 Å². The molecule has 2 aromatic carbocycles. The van der Waals surface area contributed by atoms with Crippen molar-refractivity contribution < 1.29 is 13.9 Å². The number of carbonyl (C=O) groups is 1. The van der Waals surface area contributed by atoms with Gasteiger partial charge in [-0.15, -0.1) is 5.10 Å². The minimum Gasteiger partial charge on any atom is -0.476 e. The quantitative estimate of drug-likeness (QED) is 0.544. The zero-order valence-corrected chi connectivity index (χ0v) is 16.9. The summed E-state index contributed by atoms with van der Waals surface area (Å²) in [5.41, 5.74) is 0.449. The number of carbonyl (C=O) groups excluding carboxylic acids is 1. The maximum absolute atomic E-state index is 14.3. The van der Waals surface area contributed by atoms with E-state index in [1.54, 1.807) is 12.1 Å². The summed E-state index contributed by atoms with van der Waals surface area (Å²) >= 11 is 5.83. The first-order chi connectivity index (χ1) is 14.1. The highest BCUT2D eigenvalue weighted by atomic mass is 35.5. The van der Waals surface area contributed by atoms with E-state index in [2.05, 4.69) is 10.00 Å². The Bertz CT molecular complexity index is 1010. The van der Waals surface area contributed by atoms with Crippen molar-refractivity contribution in [1.29, 1.82) is 0 Å². The van der Waals surface area contributed by atoms with Gasteiger partial charge in [-0.05, 0) is 56.6 Å². The van der Waals surface area contributed by atoms with E-state index in [9.17, 15) is 9.18 Å². The maximum Gasteiger partial charge on any atom is 0.281 e. The van der Waals surface area contributed by atoms with Gasteiger partial charge in [-0.3, -0.25) is 4.79 Å². The predicted octanol–water partition coefficient (Wildman–Crippen LogP) is 4.77. The zero-order valence-electron chi connectivity index (χ0n) is 16.1. The Morgan fingerprint density at radius 3 is 2.72 bits per heavy atom. The fourth-order valence-electron chi connectivity index (χ4n) is 3.72. The van der Waals surface area contributed by atoms with Gasteiger partial charge in [-0.1, -0.05) is 36.2 Å². The molecule has 1 saturated heterocycles. The van der Waals surface area contributed by atoms with Crippen LogP contribution in [0.25, 0.3) is 10.9 Å². The number of benzene rings is 2. The average molecular weight is 416 g/mol. The molecule has 0 bridgehead atoms. The van der Waals surface area contributed by atoms with E-state index in [1.165, 1.54) is 36.1 Å². The number of likely N-dealkylation sites (tertiary alicyclic amines) is 1. The number of para-hydroxylation sites is 1. The van der Waals surface area contributed by atoms with Crippen molar-refractivity contribution >= 4 is 28.4 Å². The minimum atomic E-state index is -0.747. The molecule has 1 aromatic heterocycles. The molecule has 3 aromatic rings. The van der Waals surface area contributed by atoms with Crippen molar-refractivity contribution in [3.8, 4) is 5.88 Å². The van der Waals surface area contributed by atoms with E-state index < -0.39 is 11.7 Å². The monoisotopic (exact) mass is 415 g/mol. The summed E-state index contributed by atoms with van der Waals surface area (Å²) in [6.07, 6.45) is 4.73. The highest BCUT2D eigenvalue weighted by Crippen LogP contribution is 2.27. The molecule has 0 N–H and O–H groups in total. The van der Waals surface area contributed by atoms with E-state index in [1.807, 2.05) is 18.2 Å². The summed E-state index contributed by atoms with van der Waals surface area (Å²) in [7, 11) is 0. The summed E-state index contributed by atoms with van der Waals surface area (Å²) in [5.74, 6) is -0.942. The van der Waals surface area contributed by atoms with Gasteiger partial charge < -0.3 is 9.64 Å². The summed E-state index contributed by atoms with van der Waals surface area (Å²) < 4.78 is 21.4. The van der Waals surface area contributed by atoms with Crippen LogP contribution in [-0.2, 0) is 0 Å². The summed E-state index contributed by atoms with van der Waals surface area (Å²) in [6.45, 7) is 3.80. The Labute approximate surface area is 174 Å². The highest BCUT2D eigenvalue weighted by molar-refractivity contribution is 6.31. The van der Waals surface area contributed by atoms with Crippen LogP contribution in [0.1, 0.15) is 36.0 Å². The molecule has 1 fully saturated rings. The van der Waals surface area contributed by atoms with Crippen molar-refractivity contribution in [2.24, 2.45) is 0 Å². The lowest BCUT2D eigenvalue weighted by Crippen LogP contribution is -2.31. The van der Waals surface area contributed by atoms with Crippen LogP contribution in [0.15, 0.2) is 42.5 Å². The van der Waals surface area contributed by atoms with E-state index in [0.29, 0.717) is 18.0 Å². The van der Waals surface area contributed by atoms with Gasteiger partial charge in [0.1, 0.15) is 0 Å². The molecule has 2 heterocycles.